The Kier molecular flexibility index (Phi) is 10.3. The fourth-order valence-corrected chi connectivity index (χ4v) is 9.32. The summed E-state index contributed by atoms with van der Waals surface area (Å²) >= 11 is 2.01. The van der Waals surface area contributed by atoms with Crippen LogP contribution in [0.4, 0.5) is 0 Å². The number of hydrogen-bond acceptors (Lipinski definition) is 9. The van der Waals surface area contributed by atoms with Gasteiger partial charge >= 0.3 is 0 Å². The maximum Gasteiger partial charge on any atom is 0.219 e. The van der Waals surface area contributed by atoms with Crippen LogP contribution in [0, 0.1) is 5.92 Å². The summed E-state index contributed by atoms with van der Waals surface area (Å²) in [6, 6.07) is 2.05. The van der Waals surface area contributed by atoms with Crippen molar-refractivity contribution in [2.75, 3.05) is 71.8 Å². The highest BCUT2D eigenvalue weighted by Gasteiger charge is 2.45. The second kappa shape index (κ2) is 13.5. The maximum absolute atomic E-state index is 12.2. The molecule has 0 spiro atoms. The van der Waals surface area contributed by atoms with Crippen LogP contribution in [0.2, 0.25) is 0 Å². The molecule has 1 amide bonds. The van der Waals surface area contributed by atoms with Crippen molar-refractivity contribution in [3.05, 3.63) is 0 Å². The largest absolute Gasteiger partial charge is 0.380 e. The number of nitrogens with zero attached hydrogens (tertiary/aromatic N) is 4. The second-order valence-electron chi connectivity index (χ2n) is 12.5. The molecule has 0 aromatic rings. The van der Waals surface area contributed by atoms with Crippen LogP contribution in [0.25, 0.3) is 0 Å². The van der Waals surface area contributed by atoms with Crippen molar-refractivity contribution in [2.24, 2.45) is 11.7 Å². The van der Waals surface area contributed by atoms with E-state index in [0.29, 0.717) is 36.1 Å². The highest BCUT2D eigenvalue weighted by Crippen LogP contribution is 2.36. The summed E-state index contributed by atoms with van der Waals surface area (Å²) in [4.78, 5) is 22.7. The first kappa shape index (κ1) is 29.0. The third-order valence-electron chi connectivity index (χ3n) is 10.0. The van der Waals surface area contributed by atoms with Crippen LogP contribution in [0.15, 0.2) is 0 Å². The van der Waals surface area contributed by atoms with Gasteiger partial charge in [0.1, 0.15) is 5.50 Å². The van der Waals surface area contributed by atoms with E-state index in [1.54, 1.807) is 0 Å². The Morgan fingerprint density at radius 2 is 1.74 bits per heavy atom. The fourth-order valence-electron chi connectivity index (χ4n) is 7.92. The summed E-state index contributed by atoms with van der Waals surface area (Å²) in [5.41, 5.74) is 6.17. The highest BCUT2D eigenvalue weighted by atomic mass is 32.2. The van der Waals surface area contributed by atoms with Gasteiger partial charge in [-0.25, -0.2) is 0 Å². The molecule has 4 heterocycles. The number of carbonyl (C=O) groups excluding carboxylic acids is 1. The third kappa shape index (κ3) is 6.70. The molecule has 0 aromatic heterocycles. The number of carbonyl (C=O) groups is 1. The van der Waals surface area contributed by atoms with Gasteiger partial charge in [-0.3, -0.25) is 29.7 Å². The van der Waals surface area contributed by atoms with Crippen LogP contribution in [-0.4, -0.2) is 139 Å². The molecule has 0 aromatic carbocycles. The van der Waals surface area contributed by atoms with E-state index in [2.05, 4.69) is 44.1 Å². The Morgan fingerprint density at radius 1 is 0.974 bits per heavy atom. The summed E-state index contributed by atoms with van der Waals surface area (Å²) in [6.45, 7) is 14.3. The van der Waals surface area contributed by atoms with Crippen molar-refractivity contribution < 1.29 is 9.53 Å². The number of amides is 1. The van der Waals surface area contributed by atoms with Gasteiger partial charge in [-0.2, -0.15) is 0 Å². The summed E-state index contributed by atoms with van der Waals surface area (Å²) in [6.07, 6.45) is 6.97. The molecule has 1 saturated carbocycles. The number of hydrogen-bond donors (Lipinski definition) is 3. The molecule has 218 valence electrons. The summed E-state index contributed by atoms with van der Waals surface area (Å²) in [7, 11) is 1.90. The Hall–Kier alpha value is -0.460. The fraction of sp³-hybridized carbons (Fsp3) is 0.964. The molecule has 4 N–H and O–H groups in total. The molecule has 7 unspecified atom stereocenters. The third-order valence-corrected chi connectivity index (χ3v) is 11.3. The zero-order valence-corrected chi connectivity index (χ0v) is 24.8. The lowest BCUT2D eigenvalue weighted by atomic mass is 9.74. The molecular weight excluding hydrogens is 498 g/mol. The predicted octanol–water partition coefficient (Wildman–Crippen LogP) is 0.798. The van der Waals surface area contributed by atoms with Gasteiger partial charge < -0.3 is 15.8 Å². The van der Waals surface area contributed by atoms with Crippen molar-refractivity contribution in [1.82, 2.24) is 30.2 Å². The predicted molar refractivity (Wildman–Crippen MR) is 155 cm³/mol. The van der Waals surface area contributed by atoms with Gasteiger partial charge in [0, 0.05) is 82.7 Å². The van der Waals surface area contributed by atoms with Crippen molar-refractivity contribution in [2.45, 2.75) is 94.2 Å². The van der Waals surface area contributed by atoms with E-state index in [0.717, 1.165) is 77.0 Å². The molecule has 4 aliphatic heterocycles. The van der Waals surface area contributed by atoms with E-state index in [-0.39, 0.29) is 18.0 Å². The lowest BCUT2D eigenvalue weighted by Crippen LogP contribution is -2.63. The number of fused-ring (bicyclic) bond motifs is 1. The van der Waals surface area contributed by atoms with E-state index in [9.17, 15) is 4.79 Å². The van der Waals surface area contributed by atoms with Gasteiger partial charge in [-0.05, 0) is 71.5 Å². The van der Waals surface area contributed by atoms with E-state index in [4.69, 9.17) is 10.5 Å². The number of thioether (sulfide) groups is 1. The smallest absolute Gasteiger partial charge is 0.219 e. The molecule has 5 fully saturated rings. The average molecular weight is 552 g/mol. The quantitative estimate of drug-likeness (QED) is 0.405. The molecule has 9 nitrogen and oxygen atoms in total. The molecule has 5 aliphatic rings. The number of piperidine rings is 1. The highest BCUT2D eigenvalue weighted by molar-refractivity contribution is 8.00. The Balaban J connectivity index is 1.21. The van der Waals surface area contributed by atoms with E-state index >= 15 is 0 Å². The van der Waals surface area contributed by atoms with Crippen molar-refractivity contribution in [3.63, 3.8) is 0 Å². The molecule has 0 bridgehead atoms. The standard InChI is InChI=1S/C28H53N7O2S/c1-20(2)32-12-16-35(17-13-32)28-31-22(19-38-28)23(18-25(29)36)33-10-5-11-34(15-14-33)27-24(37-3)8-7-21-6-4-9-30-26(21)27/h20-24,26-28,30-31H,4-19H2,1-3H3,(H2,29,36). The van der Waals surface area contributed by atoms with Gasteiger partial charge in [0.25, 0.3) is 0 Å². The van der Waals surface area contributed by atoms with Crippen LogP contribution in [-0.2, 0) is 9.53 Å². The molecule has 38 heavy (non-hydrogen) atoms. The van der Waals surface area contributed by atoms with Crippen LogP contribution >= 0.6 is 11.8 Å². The number of piperazine rings is 1. The lowest BCUT2D eigenvalue weighted by Gasteiger charge is -2.49. The van der Waals surface area contributed by atoms with E-state index < -0.39 is 0 Å². The number of ether oxygens (including phenoxy) is 1. The molecule has 5 rings (SSSR count). The molecule has 7 atom stereocenters. The Bertz CT molecular complexity index is 767. The van der Waals surface area contributed by atoms with Crippen LogP contribution in [0.5, 0.6) is 0 Å². The average Bonchev–Trinajstić information content (AvgIpc) is 3.29. The Labute approximate surface area is 234 Å². The van der Waals surface area contributed by atoms with E-state index in [1.807, 2.05) is 18.9 Å². The second-order valence-corrected chi connectivity index (χ2v) is 13.6. The molecule has 4 saturated heterocycles. The van der Waals surface area contributed by atoms with Gasteiger partial charge in [-0.15, -0.1) is 11.8 Å². The SMILES string of the molecule is COC1CCC2CCCNC2C1N1CCCN(C(CC(N)=O)C2CSC(N3CCN(C(C)C)CC3)N2)CC1. The zero-order valence-electron chi connectivity index (χ0n) is 24.0. The van der Waals surface area contributed by atoms with Crippen LogP contribution < -0.4 is 16.4 Å². The van der Waals surface area contributed by atoms with Crippen LogP contribution in [0.1, 0.15) is 52.4 Å². The normalized spacial score (nSPS) is 37.7. The van der Waals surface area contributed by atoms with Crippen molar-refractivity contribution in [1.29, 1.82) is 0 Å². The maximum atomic E-state index is 12.2. The monoisotopic (exact) mass is 551 g/mol. The summed E-state index contributed by atoms with van der Waals surface area (Å²) in [5, 5.41) is 7.82. The molecule has 0 radical (unpaired) electrons. The minimum absolute atomic E-state index is 0.159. The Morgan fingerprint density at radius 3 is 2.47 bits per heavy atom. The summed E-state index contributed by atoms with van der Waals surface area (Å²) in [5.74, 6) is 1.63. The van der Waals surface area contributed by atoms with Crippen molar-refractivity contribution in [3.8, 4) is 0 Å². The number of rotatable bonds is 8. The van der Waals surface area contributed by atoms with Crippen LogP contribution in [0.3, 0.4) is 0 Å². The first-order chi connectivity index (χ1) is 18.4. The summed E-state index contributed by atoms with van der Waals surface area (Å²) < 4.78 is 6.07. The first-order valence-electron chi connectivity index (χ1n) is 15.3. The number of primary amides is 1. The molecular formula is C28H53N7O2S. The minimum atomic E-state index is -0.183. The first-order valence-corrected chi connectivity index (χ1v) is 16.4. The van der Waals surface area contributed by atoms with Gasteiger partial charge in [0.2, 0.25) is 5.91 Å². The van der Waals surface area contributed by atoms with E-state index in [1.165, 1.54) is 25.7 Å². The van der Waals surface area contributed by atoms with Gasteiger partial charge in [0.15, 0.2) is 0 Å². The molecule has 1 aliphatic carbocycles. The van der Waals surface area contributed by atoms with Gasteiger partial charge in [0.05, 0.1) is 12.1 Å². The number of nitrogens with one attached hydrogen (secondary N) is 2. The van der Waals surface area contributed by atoms with Crippen molar-refractivity contribution >= 4 is 17.7 Å². The van der Waals surface area contributed by atoms with Gasteiger partial charge in [-0.1, -0.05) is 0 Å². The lowest BCUT2D eigenvalue weighted by molar-refractivity contribution is -0.119. The molecule has 10 heteroatoms. The number of nitrogens with two attached hydrogens (primary N) is 1. The minimum Gasteiger partial charge on any atom is -0.380 e. The topological polar surface area (TPSA) is 89.3 Å². The number of methoxy groups -OCH3 is 1. The zero-order chi connectivity index (χ0) is 26.6.